The largest absolute Gasteiger partial charge is 0.495 e. The quantitative estimate of drug-likeness (QED) is 0.829. The summed E-state index contributed by atoms with van der Waals surface area (Å²) in [5.41, 5.74) is 1.82. The number of hydrogen-bond acceptors (Lipinski definition) is 4. The molecule has 0 atom stereocenters. The maximum absolute atomic E-state index is 13.3. The molecule has 0 saturated heterocycles. The van der Waals surface area contributed by atoms with Crippen LogP contribution < -0.4 is 14.4 Å². The Hall–Kier alpha value is -2.56. The van der Waals surface area contributed by atoms with E-state index in [0.29, 0.717) is 0 Å². The number of anilines is 1. The number of rotatable bonds is 5. The highest BCUT2D eigenvalue weighted by molar-refractivity contribution is 7.89. The normalized spacial score (nSPS) is 10.7. The molecule has 0 aromatic heterocycles. The molecule has 25 heavy (non-hydrogen) atoms. The summed E-state index contributed by atoms with van der Waals surface area (Å²) in [6.07, 6.45) is 0. The first kappa shape index (κ1) is 18.8. The van der Waals surface area contributed by atoms with Gasteiger partial charge in [0.15, 0.2) is 0 Å². The summed E-state index contributed by atoms with van der Waals surface area (Å²) in [4.78, 5) is 1.71. The van der Waals surface area contributed by atoms with Crippen LogP contribution in [0.4, 0.5) is 10.1 Å². The van der Waals surface area contributed by atoms with Crippen molar-refractivity contribution in [2.75, 3.05) is 32.6 Å². The molecule has 5 nitrogen and oxygen atoms in total. The van der Waals surface area contributed by atoms with Crippen molar-refractivity contribution in [1.82, 2.24) is 4.72 Å². The Morgan fingerprint density at radius 2 is 1.84 bits per heavy atom. The molecule has 132 valence electrons. The van der Waals surface area contributed by atoms with Crippen LogP contribution in [0.2, 0.25) is 0 Å². The highest BCUT2D eigenvalue weighted by Crippen LogP contribution is 2.23. The summed E-state index contributed by atoms with van der Waals surface area (Å²) in [7, 11) is 1.28. The molecule has 1 N–H and O–H groups in total. The number of nitrogens with one attached hydrogen (secondary N) is 1. The van der Waals surface area contributed by atoms with Crippen LogP contribution in [0.15, 0.2) is 47.4 Å². The molecule has 0 unspecified atom stereocenters. The lowest BCUT2D eigenvalue weighted by Crippen LogP contribution is -2.24. The van der Waals surface area contributed by atoms with Crippen LogP contribution in [0.5, 0.6) is 5.75 Å². The van der Waals surface area contributed by atoms with E-state index in [9.17, 15) is 12.8 Å². The Morgan fingerprint density at radius 3 is 2.44 bits per heavy atom. The first-order valence-corrected chi connectivity index (χ1v) is 8.91. The minimum atomic E-state index is -3.92. The van der Waals surface area contributed by atoms with E-state index in [0.717, 1.165) is 23.4 Å². The molecule has 0 aliphatic heterocycles. The molecule has 0 radical (unpaired) electrons. The highest BCUT2D eigenvalue weighted by Gasteiger charge is 2.19. The number of benzene rings is 2. The summed E-state index contributed by atoms with van der Waals surface area (Å²) in [6.45, 7) is -0.0998. The fourth-order valence-electron chi connectivity index (χ4n) is 2.06. The minimum absolute atomic E-state index is 0.0705. The molecule has 2 aromatic carbocycles. The molecule has 2 aromatic rings. The van der Waals surface area contributed by atoms with Crippen molar-refractivity contribution in [3.8, 4) is 17.6 Å². The summed E-state index contributed by atoms with van der Waals surface area (Å²) >= 11 is 0. The van der Waals surface area contributed by atoms with Gasteiger partial charge in [-0.3, -0.25) is 0 Å². The van der Waals surface area contributed by atoms with Crippen molar-refractivity contribution < 1.29 is 17.5 Å². The zero-order valence-electron chi connectivity index (χ0n) is 14.2. The van der Waals surface area contributed by atoms with Crippen molar-refractivity contribution in [3.63, 3.8) is 0 Å². The number of ether oxygens (including phenoxy) is 1. The third kappa shape index (κ3) is 4.95. The van der Waals surface area contributed by atoms with E-state index in [1.165, 1.54) is 13.2 Å². The van der Waals surface area contributed by atoms with Crippen molar-refractivity contribution in [2.45, 2.75) is 4.90 Å². The van der Waals surface area contributed by atoms with Gasteiger partial charge in [-0.25, -0.2) is 12.8 Å². The summed E-state index contributed by atoms with van der Waals surface area (Å²) in [5, 5.41) is 0. The van der Waals surface area contributed by atoms with Crippen LogP contribution >= 0.6 is 0 Å². The van der Waals surface area contributed by atoms with E-state index in [-0.39, 0.29) is 17.2 Å². The van der Waals surface area contributed by atoms with Gasteiger partial charge in [-0.1, -0.05) is 11.8 Å². The molecule has 0 saturated carbocycles. The SMILES string of the molecule is COc1ccc(F)cc1S(=O)(=O)NCC#Cc1ccc(N(C)C)cc1. The second-order valence-electron chi connectivity index (χ2n) is 5.36. The van der Waals surface area contributed by atoms with Crippen LogP contribution in [0.25, 0.3) is 0 Å². The maximum Gasteiger partial charge on any atom is 0.245 e. The first-order valence-electron chi connectivity index (χ1n) is 7.43. The van der Waals surface area contributed by atoms with Crippen LogP contribution in [0, 0.1) is 17.7 Å². The average Bonchev–Trinajstić information content (AvgIpc) is 2.59. The van der Waals surface area contributed by atoms with E-state index in [4.69, 9.17) is 4.74 Å². The lowest BCUT2D eigenvalue weighted by atomic mass is 10.2. The third-order valence-electron chi connectivity index (χ3n) is 3.38. The second-order valence-corrected chi connectivity index (χ2v) is 7.10. The van der Waals surface area contributed by atoms with E-state index in [1.807, 2.05) is 43.3 Å². The monoisotopic (exact) mass is 362 g/mol. The van der Waals surface area contributed by atoms with Crippen molar-refractivity contribution in [1.29, 1.82) is 0 Å². The van der Waals surface area contributed by atoms with Crippen molar-refractivity contribution in [2.24, 2.45) is 0 Å². The topological polar surface area (TPSA) is 58.6 Å². The predicted molar refractivity (Wildman–Crippen MR) is 95.8 cm³/mol. The molecule has 0 bridgehead atoms. The Balaban J connectivity index is 2.08. The molecule has 0 aliphatic rings. The zero-order chi connectivity index (χ0) is 18.4. The summed E-state index contributed by atoms with van der Waals surface area (Å²) in [6, 6.07) is 10.9. The van der Waals surface area contributed by atoms with Gasteiger partial charge in [0.25, 0.3) is 0 Å². The smallest absolute Gasteiger partial charge is 0.245 e. The molecular weight excluding hydrogens is 343 g/mol. The first-order chi connectivity index (χ1) is 11.8. The molecule has 0 fully saturated rings. The van der Waals surface area contributed by atoms with Crippen LogP contribution in [0.1, 0.15) is 5.56 Å². The van der Waals surface area contributed by atoms with E-state index < -0.39 is 15.8 Å². The van der Waals surface area contributed by atoms with Crippen molar-refractivity contribution >= 4 is 15.7 Å². The fraction of sp³-hybridized carbons (Fsp3) is 0.222. The summed E-state index contributed by atoms with van der Waals surface area (Å²) < 4.78 is 45.1. The van der Waals surface area contributed by atoms with E-state index >= 15 is 0 Å². The second kappa shape index (κ2) is 8.01. The van der Waals surface area contributed by atoms with E-state index in [1.54, 1.807) is 0 Å². The molecule has 0 spiro atoms. The summed E-state index contributed by atoms with van der Waals surface area (Å²) in [5.74, 6) is 5.03. The van der Waals surface area contributed by atoms with Gasteiger partial charge in [-0.15, -0.1) is 0 Å². The Labute approximate surface area is 147 Å². The molecule has 0 heterocycles. The van der Waals surface area contributed by atoms with Crippen LogP contribution in [-0.2, 0) is 10.0 Å². The maximum atomic E-state index is 13.3. The number of nitrogens with zero attached hydrogens (tertiary/aromatic N) is 1. The van der Waals surface area contributed by atoms with Gasteiger partial charge in [0.2, 0.25) is 10.0 Å². The van der Waals surface area contributed by atoms with Gasteiger partial charge < -0.3 is 9.64 Å². The minimum Gasteiger partial charge on any atom is -0.495 e. The third-order valence-corrected chi connectivity index (χ3v) is 4.80. The standard InChI is InChI=1S/C18H19FN2O3S/c1-21(2)16-9-6-14(7-10-16)5-4-12-20-25(22,23)18-13-15(19)8-11-17(18)24-3/h6-11,13,20H,12H2,1-3H3. The lowest BCUT2D eigenvalue weighted by molar-refractivity contribution is 0.400. The van der Waals surface area contributed by atoms with Gasteiger partial charge in [-0.05, 0) is 42.5 Å². The van der Waals surface area contributed by atoms with Crippen LogP contribution in [0.3, 0.4) is 0 Å². The van der Waals surface area contributed by atoms with E-state index in [2.05, 4.69) is 16.6 Å². The Kier molecular flexibility index (Phi) is 6.02. The molecular formula is C18H19FN2O3S. The average molecular weight is 362 g/mol. The number of halogens is 1. The highest BCUT2D eigenvalue weighted by atomic mass is 32.2. The Morgan fingerprint density at radius 1 is 1.16 bits per heavy atom. The zero-order valence-corrected chi connectivity index (χ0v) is 15.0. The van der Waals surface area contributed by atoms with Crippen molar-refractivity contribution in [3.05, 3.63) is 53.8 Å². The van der Waals surface area contributed by atoms with Gasteiger partial charge >= 0.3 is 0 Å². The lowest BCUT2D eigenvalue weighted by Gasteiger charge is -2.11. The van der Waals surface area contributed by atoms with Gasteiger partial charge in [-0.2, -0.15) is 4.72 Å². The predicted octanol–water partition coefficient (Wildman–Crippen LogP) is 2.23. The molecule has 0 amide bonds. The number of methoxy groups -OCH3 is 1. The van der Waals surface area contributed by atoms with Gasteiger partial charge in [0, 0.05) is 25.3 Å². The number of sulfonamides is 1. The van der Waals surface area contributed by atoms with Gasteiger partial charge in [0.1, 0.15) is 16.5 Å². The molecule has 7 heteroatoms. The Bertz CT molecular complexity index is 898. The number of hydrogen-bond donors (Lipinski definition) is 1. The molecule has 0 aliphatic carbocycles. The van der Waals surface area contributed by atoms with Gasteiger partial charge in [0.05, 0.1) is 13.7 Å². The fourth-order valence-corrected chi connectivity index (χ4v) is 3.16. The van der Waals surface area contributed by atoms with Crippen LogP contribution in [-0.4, -0.2) is 36.2 Å². The molecule has 2 rings (SSSR count).